The molecule has 2 aromatic rings. The minimum atomic E-state index is -1.04. The molecule has 0 fully saturated rings. The normalized spacial score (nSPS) is 12.5. The van der Waals surface area contributed by atoms with Gasteiger partial charge in [-0.3, -0.25) is 0 Å². The summed E-state index contributed by atoms with van der Waals surface area (Å²) in [6, 6.07) is 7.36. The fourth-order valence-corrected chi connectivity index (χ4v) is 2.29. The van der Waals surface area contributed by atoms with Gasteiger partial charge in [-0.2, -0.15) is 0 Å². The lowest BCUT2D eigenvalue weighted by atomic mass is 9.95. The molecule has 3 heteroatoms. The molecular formula is C17H20O3. The predicted octanol–water partition coefficient (Wildman–Crippen LogP) is 4.67. The molecule has 0 aliphatic heterocycles. The molecule has 20 heavy (non-hydrogen) atoms. The van der Waals surface area contributed by atoms with Crippen LogP contribution in [0.15, 0.2) is 40.8 Å². The van der Waals surface area contributed by atoms with Crippen molar-refractivity contribution in [3.05, 3.63) is 47.7 Å². The Morgan fingerprint density at radius 3 is 2.80 bits per heavy atom. The molecule has 1 N–H and O–H groups in total. The molecule has 1 unspecified atom stereocenters. The first kappa shape index (κ1) is 14.4. The molecule has 1 atom stereocenters. The summed E-state index contributed by atoms with van der Waals surface area (Å²) < 4.78 is 5.32. The van der Waals surface area contributed by atoms with Crippen molar-refractivity contribution >= 4 is 16.9 Å². The van der Waals surface area contributed by atoms with Gasteiger partial charge in [0.25, 0.3) is 0 Å². The molecule has 0 saturated carbocycles. The van der Waals surface area contributed by atoms with Crippen molar-refractivity contribution in [2.24, 2.45) is 5.92 Å². The SMILES string of the molecule is C=C(Cc1ccc2cc(C(=O)O)oc2c1)CC(C)CC. The van der Waals surface area contributed by atoms with E-state index >= 15 is 0 Å². The van der Waals surface area contributed by atoms with Crippen LogP contribution in [-0.4, -0.2) is 11.1 Å². The van der Waals surface area contributed by atoms with Crippen LogP contribution in [0.2, 0.25) is 0 Å². The van der Waals surface area contributed by atoms with E-state index in [1.807, 2.05) is 18.2 Å². The Bertz CT molecular complexity index is 637. The number of allylic oxidation sites excluding steroid dienone is 1. The number of carbonyl (C=O) groups is 1. The van der Waals surface area contributed by atoms with Crippen LogP contribution in [-0.2, 0) is 6.42 Å². The summed E-state index contributed by atoms with van der Waals surface area (Å²) in [4.78, 5) is 10.9. The zero-order valence-electron chi connectivity index (χ0n) is 12.0. The summed E-state index contributed by atoms with van der Waals surface area (Å²) in [6.45, 7) is 8.53. The van der Waals surface area contributed by atoms with E-state index in [4.69, 9.17) is 9.52 Å². The smallest absolute Gasteiger partial charge is 0.371 e. The summed E-state index contributed by atoms with van der Waals surface area (Å²) in [5.41, 5.74) is 2.93. The van der Waals surface area contributed by atoms with Crippen LogP contribution in [0, 0.1) is 5.92 Å². The third kappa shape index (κ3) is 3.29. The monoisotopic (exact) mass is 272 g/mol. The molecule has 1 heterocycles. The standard InChI is InChI=1S/C17H20O3/c1-4-11(2)7-12(3)8-13-5-6-14-10-16(17(18)19)20-15(14)9-13/h5-6,9-11H,3-4,7-8H2,1-2H3,(H,18,19). The van der Waals surface area contributed by atoms with Gasteiger partial charge >= 0.3 is 5.97 Å². The third-order valence-corrected chi connectivity index (χ3v) is 3.58. The van der Waals surface area contributed by atoms with Crippen molar-refractivity contribution in [3.8, 4) is 0 Å². The highest BCUT2D eigenvalue weighted by atomic mass is 16.4. The highest BCUT2D eigenvalue weighted by molar-refractivity contribution is 5.91. The van der Waals surface area contributed by atoms with E-state index < -0.39 is 5.97 Å². The zero-order valence-corrected chi connectivity index (χ0v) is 12.0. The van der Waals surface area contributed by atoms with Gasteiger partial charge in [0.2, 0.25) is 5.76 Å². The fourth-order valence-electron chi connectivity index (χ4n) is 2.29. The number of rotatable bonds is 6. The van der Waals surface area contributed by atoms with Gasteiger partial charge in [-0.1, -0.05) is 44.6 Å². The summed E-state index contributed by atoms with van der Waals surface area (Å²) in [6.07, 6.45) is 2.98. The fraction of sp³-hybridized carbons (Fsp3) is 0.353. The van der Waals surface area contributed by atoms with Gasteiger partial charge in [-0.25, -0.2) is 4.79 Å². The molecular weight excluding hydrogens is 252 g/mol. The van der Waals surface area contributed by atoms with E-state index in [0.29, 0.717) is 11.5 Å². The predicted molar refractivity (Wildman–Crippen MR) is 80.1 cm³/mol. The number of benzene rings is 1. The topological polar surface area (TPSA) is 50.4 Å². The van der Waals surface area contributed by atoms with Crippen molar-refractivity contribution in [2.75, 3.05) is 0 Å². The summed E-state index contributed by atoms with van der Waals surface area (Å²) in [5, 5.41) is 9.74. The van der Waals surface area contributed by atoms with E-state index in [1.165, 1.54) is 5.57 Å². The molecule has 0 saturated heterocycles. The number of aromatic carboxylic acids is 1. The Labute approximate surface area is 118 Å². The number of fused-ring (bicyclic) bond motifs is 1. The van der Waals surface area contributed by atoms with Crippen LogP contribution >= 0.6 is 0 Å². The average molecular weight is 272 g/mol. The lowest BCUT2D eigenvalue weighted by Gasteiger charge is -2.11. The molecule has 0 spiro atoms. The minimum Gasteiger partial charge on any atom is -0.475 e. The number of carboxylic acid groups (broad SMARTS) is 1. The van der Waals surface area contributed by atoms with Gasteiger partial charge in [-0.05, 0) is 36.5 Å². The van der Waals surface area contributed by atoms with Crippen LogP contribution < -0.4 is 0 Å². The van der Waals surface area contributed by atoms with Crippen molar-refractivity contribution in [1.82, 2.24) is 0 Å². The van der Waals surface area contributed by atoms with Gasteiger partial charge in [0.05, 0.1) is 0 Å². The molecule has 3 nitrogen and oxygen atoms in total. The molecule has 0 amide bonds. The zero-order chi connectivity index (χ0) is 14.7. The van der Waals surface area contributed by atoms with Gasteiger partial charge < -0.3 is 9.52 Å². The van der Waals surface area contributed by atoms with E-state index in [2.05, 4.69) is 20.4 Å². The van der Waals surface area contributed by atoms with Crippen molar-refractivity contribution in [2.45, 2.75) is 33.1 Å². The lowest BCUT2D eigenvalue weighted by Crippen LogP contribution is -1.97. The molecule has 0 aliphatic carbocycles. The molecule has 0 aliphatic rings. The van der Waals surface area contributed by atoms with Gasteiger partial charge in [0, 0.05) is 5.39 Å². The molecule has 0 bridgehead atoms. The Morgan fingerprint density at radius 1 is 1.40 bits per heavy atom. The Balaban J connectivity index is 2.15. The number of carboxylic acids is 1. The first-order valence-corrected chi connectivity index (χ1v) is 6.92. The number of hydrogen-bond acceptors (Lipinski definition) is 2. The van der Waals surface area contributed by atoms with Gasteiger partial charge in [-0.15, -0.1) is 0 Å². The van der Waals surface area contributed by atoms with Crippen LogP contribution in [0.4, 0.5) is 0 Å². The van der Waals surface area contributed by atoms with E-state index in [0.717, 1.165) is 30.2 Å². The third-order valence-electron chi connectivity index (χ3n) is 3.58. The minimum absolute atomic E-state index is 0.0180. The quantitative estimate of drug-likeness (QED) is 0.778. The molecule has 2 rings (SSSR count). The maximum atomic E-state index is 10.9. The molecule has 1 aromatic heterocycles. The second-order valence-corrected chi connectivity index (χ2v) is 5.43. The molecule has 0 radical (unpaired) electrons. The van der Waals surface area contributed by atoms with E-state index in [1.54, 1.807) is 6.07 Å². The van der Waals surface area contributed by atoms with Gasteiger partial charge in [0.1, 0.15) is 5.58 Å². The second-order valence-electron chi connectivity index (χ2n) is 5.43. The highest BCUT2D eigenvalue weighted by Crippen LogP contribution is 2.23. The number of hydrogen-bond donors (Lipinski definition) is 1. The largest absolute Gasteiger partial charge is 0.475 e. The summed E-state index contributed by atoms with van der Waals surface area (Å²) >= 11 is 0. The van der Waals surface area contributed by atoms with Crippen LogP contribution in [0.25, 0.3) is 11.0 Å². The maximum Gasteiger partial charge on any atom is 0.371 e. The van der Waals surface area contributed by atoms with Crippen molar-refractivity contribution in [3.63, 3.8) is 0 Å². The van der Waals surface area contributed by atoms with Gasteiger partial charge in [0.15, 0.2) is 0 Å². The lowest BCUT2D eigenvalue weighted by molar-refractivity contribution is 0.0665. The molecule has 1 aromatic carbocycles. The maximum absolute atomic E-state index is 10.9. The summed E-state index contributed by atoms with van der Waals surface area (Å²) in [7, 11) is 0. The first-order valence-electron chi connectivity index (χ1n) is 6.92. The molecule has 106 valence electrons. The first-order chi connectivity index (χ1) is 9.49. The summed E-state index contributed by atoms with van der Waals surface area (Å²) in [5.74, 6) is -0.409. The van der Waals surface area contributed by atoms with Crippen LogP contribution in [0.5, 0.6) is 0 Å². The van der Waals surface area contributed by atoms with E-state index in [-0.39, 0.29) is 5.76 Å². The van der Waals surface area contributed by atoms with Crippen molar-refractivity contribution < 1.29 is 14.3 Å². The Hall–Kier alpha value is -2.03. The number of furan rings is 1. The Kier molecular flexibility index (Phi) is 4.28. The average Bonchev–Trinajstić information content (AvgIpc) is 2.81. The van der Waals surface area contributed by atoms with E-state index in [9.17, 15) is 4.79 Å². The van der Waals surface area contributed by atoms with Crippen molar-refractivity contribution in [1.29, 1.82) is 0 Å². The Morgan fingerprint density at radius 2 is 2.15 bits per heavy atom. The highest BCUT2D eigenvalue weighted by Gasteiger charge is 2.11. The van der Waals surface area contributed by atoms with Crippen LogP contribution in [0.1, 0.15) is 42.8 Å². The second kappa shape index (κ2) is 5.95. The van der Waals surface area contributed by atoms with Crippen LogP contribution in [0.3, 0.4) is 0 Å².